The van der Waals surface area contributed by atoms with E-state index in [1.165, 1.54) is 0 Å². The number of nitrogens with zero attached hydrogens (tertiary/aromatic N) is 3. The van der Waals surface area contributed by atoms with Crippen LogP contribution in [0.4, 0.5) is 0 Å². The number of fused-ring (bicyclic) bond motifs is 4. The summed E-state index contributed by atoms with van der Waals surface area (Å²) in [7, 11) is 0. The summed E-state index contributed by atoms with van der Waals surface area (Å²) >= 11 is 0. The van der Waals surface area contributed by atoms with E-state index in [4.69, 9.17) is 15.0 Å². The first-order valence-corrected chi connectivity index (χ1v) is 10.1. The minimum atomic E-state index is -1.47. The number of aromatic nitrogens is 3. The quantitative estimate of drug-likeness (QED) is 0.617. The molecule has 5 rings (SSSR count). The predicted molar refractivity (Wildman–Crippen MR) is 111 cm³/mol. The molecule has 1 spiro atoms. The Morgan fingerprint density at radius 3 is 2.77 bits per heavy atom. The molecular weight excluding hydrogens is 396 g/mol. The van der Waals surface area contributed by atoms with Crippen LogP contribution in [0.3, 0.4) is 0 Å². The van der Waals surface area contributed by atoms with E-state index in [1.54, 1.807) is 30.7 Å². The van der Waals surface area contributed by atoms with Gasteiger partial charge in [0, 0.05) is 17.0 Å². The lowest BCUT2D eigenvalue weighted by Crippen LogP contribution is -2.40. The number of nitrogens with two attached hydrogens (primary N) is 1. The maximum Gasteiger partial charge on any atom is 0.269 e. The summed E-state index contributed by atoms with van der Waals surface area (Å²) in [6, 6.07) is 8.93. The molecule has 3 heterocycles. The molecule has 3 N–H and O–H groups in total. The van der Waals surface area contributed by atoms with E-state index in [0.29, 0.717) is 35.1 Å². The average Bonchev–Trinajstić information content (AvgIpc) is 3.31. The molecule has 8 nitrogen and oxygen atoms in total. The number of aliphatic hydroxyl groups is 1. The zero-order valence-electron chi connectivity index (χ0n) is 17.3. The summed E-state index contributed by atoms with van der Waals surface area (Å²) in [5, 5.41) is 19.0. The molecule has 3 aromatic rings. The first-order chi connectivity index (χ1) is 14.8. The number of benzene rings is 1. The Morgan fingerprint density at radius 1 is 1.32 bits per heavy atom. The molecule has 1 atom stereocenters. The van der Waals surface area contributed by atoms with Crippen LogP contribution in [0.15, 0.2) is 34.9 Å². The van der Waals surface area contributed by atoms with Crippen LogP contribution in [0.1, 0.15) is 59.4 Å². The molecule has 2 aromatic heterocycles. The lowest BCUT2D eigenvalue weighted by atomic mass is 9.67. The van der Waals surface area contributed by atoms with Crippen LogP contribution in [-0.4, -0.2) is 32.6 Å². The van der Waals surface area contributed by atoms with Crippen LogP contribution in [0.5, 0.6) is 5.75 Å². The number of hydrogen-bond acceptors (Lipinski definition) is 6. The Balaban J connectivity index is 1.57. The van der Waals surface area contributed by atoms with Crippen LogP contribution in [-0.2, 0) is 11.0 Å². The SMILES string of the molecule is Cc1cc(C(C)(O)C#Cc2ccc3c(c2)-n2nc(C(N)=O)cc2C2(CCC2)CO3)no1. The van der Waals surface area contributed by atoms with Gasteiger partial charge in [-0.2, -0.15) is 5.10 Å². The van der Waals surface area contributed by atoms with Crippen molar-refractivity contribution in [2.75, 3.05) is 6.61 Å². The summed E-state index contributed by atoms with van der Waals surface area (Å²) < 4.78 is 12.9. The molecule has 158 valence electrons. The van der Waals surface area contributed by atoms with Crippen LogP contribution >= 0.6 is 0 Å². The van der Waals surface area contributed by atoms with Crippen molar-refractivity contribution in [1.29, 1.82) is 0 Å². The number of ether oxygens (including phenoxy) is 1. The number of rotatable bonds is 2. The standard InChI is InChI=1S/C23H22N4O4/c1-14-10-19(26-31-14)22(2,29)9-6-15-4-5-18-17(11-15)27-20(12-16(25-27)21(24)28)23(13-30-18)7-3-8-23/h4-5,10-12,29H,3,7-8,13H2,1-2H3,(H2,24,28). The van der Waals surface area contributed by atoms with Crippen LogP contribution in [0, 0.1) is 18.8 Å². The number of amides is 1. The fraction of sp³-hybridized carbons (Fsp3) is 0.348. The highest BCUT2D eigenvalue weighted by Gasteiger charge is 2.45. The Hall–Kier alpha value is -3.57. The molecule has 0 radical (unpaired) electrons. The van der Waals surface area contributed by atoms with Gasteiger partial charge < -0.3 is 20.1 Å². The van der Waals surface area contributed by atoms with Crippen molar-refractivity contribution >= 4 is 5.91 Å². The number of aryl methyl sites for hydroxylation is 1. The van der Waals surface area contributed by atoms with Crippen molar-refractivity contribution in [2.24, 2.45) is 5.73 Å². The summed E-state index contributed by atoms with van der Waals surface area (Å²) in [6.07, 6.45) is 3.04. The molecule has 0 saturated heterocycles. The van der Waals surface area contributed by atoms with E-state index in [9.17, 15) is 9.90 Å². The van der Waals surface area contributed by atoms with Gasteiger partial charge in [0.2, 0.25) is 0 Å². The minimum absolute atomic E-state index is 0.167. The third kappa shape index (κ3) is 3.18. The van der Waals surface area contributed by atoms with E-state index in [2.05, 4.69) is 22.1 Å². The van der Waals surface area contributed by atoms with Crippen molar-refractivity contribution < 1.29 is 19.2 Å². The Kier molecular flexibility index (Phi) is 4.21. The van der Waals surface area contributed by atoms with E-state index >= 15 is 0 Å². The number of carbonyl (C=O) groups is 1. The topological polar surface area (TPSA) is 116 Å². The first kappa shape index (κ1) is 19.4. The van der Waals surface area contributed by atoms with Gasteiger partial charge in [0.05, 0.1) is 12.3 Å². The second kappa shape index (κ2) is 6.72. The zero-order valence-corrected chi connectivity index (χ0v) is 17.3. The van der Waals surface area contributed by atoms with Gasteiger partial charge in [-0.15, -0.1) is 0 Å². The second-order valence-corrected chi connectivity index (χ2v) is 8.44. The van der Waals surface area contributed by atoms with Gasteiger partial charge in [-0.25, -0.2) is 4.68 Å². The maximum absolute atomic E-state index is 11.8. The molecule has 0 bridgehead atoms. The summed E-state index contributed by atoms with van der Waals surface area (Å²) in [5.74, 6) is 6.55. The molecule has 1 unspecified atom stereocenters. The van der Waals surface area contributed by atoms with E-state index in [-0.39, 0.29) is 11.1 Å². The molecular formula is C23H22N4O4. The first-order valence-electron chi connectivity index (χ1n) is 10.1. The monoisotopic (exact) mass is 418 g/mol. The predicted octanol–water partition coefficient (Wildman–Crippen LogP) is 2.34. The van der Waals surface area contributed by atoms with Gasteiger partial charge in [-0.05, 0) is 51.0 Å². The molecule has 1 aromatic carbocycles. The van der Waals surface area contributed by atoms with Crippen molar-refractivity contribution in [3.8, 4) is 23.3 Å². The Morgan fingerprint density at radius 2 is 2.13 bits per heavy atom. The maximum atomic E-state index is 11.8. The van der Waals surface area contributed by atoms with E-state index in [1.807, 2.05) is 18.2 Å². The summed E-state index contributed by atoms with van der Waals surface area (Å²) in [5.41, 5.74) is 6.74. The average molecular weight is 418 g/mol. The highest BCUT2D eigenvalue weighted by Crippen LogP contribution is 2.47. The van der Waals surface area contributed by atoms with E-state index < -0.39 is 11.5 Å². The van der Waals surface area contributed by atoms with Gasteiger partial charge >= 0.3 is 0 Å². The normalized spacial score (nSPS) is 17.8. The summed E-state index contributed by atoms with van der Waals surface area (Å²) in [4.78, 5) is 11.8. The molecule has 1 amide bonds. The Labute approximate surface area is 179 Å². The highest BCUT2D eigenvalue weighted by molar-refractivity contribution is 5.91. The number of carbonyl (C=O) groups excluding carboxylic acids is 1. The largest absolute Gasteiger partial charge is 0.490 e. The molecule has 1 fully saturated rings. The zero-order chi connectivity index (χ0) is 21.8. The van der Waals surface area contributed by atoms with Gasteiger partial charge in [0.1, 0.15) is 22.9 Å². The molecule has 1 aliphatic heterocycles. The molecule has 2 aliphatic rings. The number of primary amides is 1. The van der Waals surface area contributed by atoms with Crippen LogP contribution < -0.4 is 10.5 Å². The second-order valence-electron chi connectivity index (χ2n) is 8.44. The van der Waals surface area contributed by atoms with Gasteiger partial charge in [-0.1, -0.05) is 23.4 Å². The Bertz CT molecular complexity index is 1250. The lowest BCUT2D eigenvalue weighted by molar-refractivity contribution is 0.0994. The minimum Gasteiger partial charge on any atom is -0.490 e. The lowest BCUT2D eigenvalue weighted by Gasteiger charge is -2.40. The van der Waals surface area contributed by atoms with E-state index in [0.717, 1.165) is 25.0 Å². The molecule has 1 aliphatic carbocycles. The third-order valence-electron chi connectivity index (χ3n) is 6.08. The highest BCUT2D eigenvalue weighted by atomic mass is 16.5. The van der Waals surface area contributed by atoms with Gasteiger partial charge in [0.25, 0.3) is 5.91 Å². The van der Waals surface area contributed by atoms with Crippen LogP contribution in [0.2, 0.25) is 0 Å². The third-order valence-corrected chi connectivity index (χ3v) is 6.08. The smallest absolute Gasteiger partial charge is 0.269 e. The van der Waals surface area contributed by atoms with Crippen molar-refractivity contribution in [3.05, 3.63) is 58.7 Å². The molecule has 8 heteroatoms. The molecule has 1 saturated carbocycles. The van der Waals surface area contributed by atoms with Crippen LogP contribution in [0.25, 0.3) is 5.69 Å². The van der Waals surface area contributed by atoms with Gasteiger partial charge in [-0.3, -0.25) is 4.79 Å². The van der Waals surface area contributed by atoms with Crippen molar-refractivity contribution in [3.63, 3.8) is 0 Å². The summed E-state index contributed by atoms with van der Waals surface area (Å²) in [6.45, 7) is 3.84. The van der Waals surface area contributed by atoms with Gasteiger partial charge in [0.15, 0.2) is 11.3 Å². The van der Waals surface area contributed by atoms with Crippen molar-refractivity contribution in [1.82, 2.24) is 14.9 Å². The number of hydrogen-bond donors (Lipinski definition) is 2. The molecule has 31 heavy (non-hydrogen) atoms. The van der Waals surface area contributed by atoms with Crippen molar-refractivity contribution in [2.45, 2.75) is 44.1 Å². The fourth-order valence-electron chi connectivity index (χ4n) is 4.09. The fourth-order valence-corrected chi connectivity index (χ4v) is 4.09.